The summed E-state index contributed by atoms with van der Waals surface area (Å²) < 4.78 is 0. The van der Waals surface area contributed by atoms with Gasteiger partial charge in [-0.15, -0.1) is 0 Å². The first kappa shape index (κ1) is 23.0. The third-order valence-electron chi connectivity index (χ3n) is 3.67. The van der Waals surface area contributed by atoms with Gasteiger partial charge in [-0.1, -0.05) is 0 Å². The Bertz CT molecular complexity index is 678. The van der Waals surface area contributed by atoms with E-state index in [0.717, 1.165) is 0 Å². The zero-order chi connectivity index (χ0) is 21.3. The van der Waals surface area contributed by atoms with Crippen molar-refractivity contribution in [1.29, 1.82) is 0 Å². The van der Waals surface area contributed by atoms with Gasteiger partial charge in [-0.05, 0) is 6.92 Å². The normalized spacial score (nSPS) is 15.0. The van der Waals surface area contributed by atoms with Gasteiger partial charge in [0.15, 0.2) is 0 Å². The molecule has 156 valence electrons. The summed E-state index contributed by atoms with van der Waals surface area (Å²) in [5.74, 6) is -3.80. The number of nitrogens with two attached hydrogens (primary N) is 1. The highest BCUT2D eigenvalue weighted by atomic mass is 16.4. The number of carboxylic acid groups (broad SMARTS) is 1. The summed E-state index contributed by atoms with van der Waals surface area (Å²) in [6.07, 6.45) is 1.61. The van der Waals surface area contributed by atoms with Crippen molar-refractivity contribution >= 4 is 23.7 Å². The lowest BCUT2D eigenvalue weighted by Crippen LogP contribution is -2.55. The minimum Gasteiger partial charge on any atom is -0.480 e. The Morgan fingerprint density at radius 2 is 1.89 bits per heavy atom. The fraction of sp³-hybridized carbons (Fsp3) is 0.533. The number of rotatable bonds is 11. The second-order valence-corrected chi connectivity index (χ2v) is 5.97. The molecule has 0 bridgehead atoms. The van der Waals surface area contributed by atoms with Crippen LogP contribution in [0.5, 0.6) is 0 Å². The Morgan fingerprint density at radius 1 is 1.21 bits per heavy atom. The molecule has 3 amide bonds. The molecule has 13 nitrogen and oxygen atoms in total. The fourth-order valence-corrected chi connectivity index (χ4v) is 2.03. The van der Waals surface area contributed by atoms with Gasteiger partial charge in [-0.3, -0.25) is 14.4 Å². The Labute approximate surface area is 159 Å². The van der Waals surface area contributed by atoms with Gasteiger partial charge in [0, 0.05) is 18.3 Å². The molecule has 4 unspecified atom stereocenters. The number of nitrogens with one attached hydrogen (secondary N) is 4. The molecule has 1 aromatic heterocycles. The number of hydrogen-bond donors (Lipinski definition) is 8. The average Bonchev–Trinajstić information content (AvgIpc) is 3.15. The maximum absolute atomic E-state index is 12.3. The number of aromatic nitrogens is 2. The average molecular weight is 400 g/mol. The molecular formula is C15H24N6O7. The van der Waals surface area contributed by atoms with Crippen LogP contribution in [-0.2, 0) is 25.6 Å². The quantitative estimate of drug-likeness (QED) is 0.180. The first-order chi connectivity index (χ1) is 13.1. The van der Waals surface area contributed by atoms with Gasteiger partial charge in [0.2, 0.25) is 17.7 Å². The Morgan fingerprint density at radius 3 is 2.39 bits per heavy atom. The van der Waals surface area contributed by atoms with E-state index in [1.54, 1.807) is 0 Å². The van der Waals surface area contributed by atoms with Crippen LogP contribution in [-0.4, -0.2) is 86.4 Å². The minimum absolute atomic E-state index is 0.0452. The molecule has 28 heavy (non-hydrogen) atoms. The standard InChI is InChI=1S/C15H24N6O7/c1-7(23)12(16)14(26)18-4-11(24)20-9(2-8-3-17-6-19-8)13(25)21-10(5-22)15(27)28/h3,6-7,9-10,12,22-23H,2,4-5,16H2,1H3,(H,17,19)(H,18,26)(H,20,24)(H,21,25)(H,27,28). The van der Waals surface area contributed by atoms with Gasteiger partial charge in [0.25, 0.3) is 0 Å². The zero-order valence-corrected chi connectivity index (χ0v) is 15.1. The summed E-state index contributed by atoms with van der Waals surface area (Å²) in [4.78, 5) is 53.6. The van der Waals surface area contributed by atoms with Crippen LogP contribution < -0.4 is 21.7 Å². The summed E-state index contributed by atoms with van der Waals surface area (Å²) in [6.45, 7) is -0.0391. The van der Waals surface area contributed by atoms with Crippen molar-refractivity contribution < 1.29 is 34.5 Å². The van der Waals surface area contributed by atoms with Crippen molar-refractivity contribution in [3.8, 4) is 0 Å². The van der Waals surface area contributed by atoms with Crippen LogP contribution in [0.1, 0.15) is 12.6 Å². The molecule has 0 spiro atoms. The highest BCUT2D eigenvalue weighted by Gasteiger charge is 2.27. The first-order valence-electron chi connectivity index (χ1n) is 8.27. The Kier molecular flexibility index (Phi) is 9.01. The summed E-state index contributed by atoms with van der Waals surface area (Å²) >= 11 is 0. The molecule has 9 N–H and O–H groups in total. The number of imidazole rings is 1. The number of hydrogen-bond acceptors (Lipinski definition) is 8. The second kappa shape index (κ2) is 11.0. The number of H-pyrrole nitrogens is 1. The summed E-state index contributed by atoms with van der Waals surface area (Å²) in [5.41, 5.74) is 5.92. The summed E-state index contributed by atoms with van der Waals surface area (Å²) in [5, 5.41) is 33.9. The van der Waals surface area contributed by atoms with E-state index in [0.29, 0.717) is 5.69 Å². The summed E-state index contributed by atoms with van der Waals surface area (Å²) in [6, 6.07) is -3.97. The summed E-state index contributed by atoms with van der Waals surface area (Å²) in [7, 11) is 0. The van der Waals surface area contributed by atoms with Crippen LogP contribution >= 0.6 is 0 Å². The second-order valence-electron chi connectivity index (χ2n) is 5.97. The van der Waals surface area contributed by atoms with Crippen molar-refractivity contribution in [3.63, 3.8) is 0 Å². The number of carbonyl (C=O) groups excluding carboxylic acids is 3. The van der Waals surface area contributed by atoms with E-state index in [2.05, 4.69) is 25.9 Å². The van der Waals surface area contributed by atoms with Crippen LogP contribution in [0.15, 0.2) is 12.5 Å². The van der Waals surface area contributed by atoms with Crippen LogP contribution in [0.3, 0.4) is 0 Å². The van der Waals surface area contributed by atoms with Gasteiger partial charge in [0.1, 0.15) is 18.1 Å². The lowest BCUT2D eigenvalue weighted by molar-refractivity contribution is -0.143. The smallest absolute Gasteiger partial charge is 0.328 e. The van der Waals surface area contributed by atoms with Crippen molar-refractivity contribution in [1.82, 2.24) is 25.9 Å². The number of nitrogens with zero attached hydrogens (tertiary/aromatic N) is 1. The number of amides is 3. The molecule has 0 saturated carbocycles. The predicted molar refractivity (Wildman–Crippen MR) is 93.5 cm³/mol. The number of aliphatic carboxylic acids is 1. The molecule has 0 aliphatic heterocycles. The number of carboxylic acids is 1. The minimum atomic E-state index is -1.54. The van der Waals surface area contributed by atoms with E-state index in [-0.39, 0.29) is 6.42 Å². The molecular weight excluding hydrogens is 376 g/mol. The lowest BCUT2D eigenvalue weighted by Gasteiger charge is -2.21. The SMILES string of the molecule is CC(O)C(N)C(=O)NCC(=O)NC(Cc1cnc[nH]1)C(=O)NC(CO)C(=O)O. The van der Waals surface area contributed by atoms with Crippen molar-refractivity contribution in [2.24, 2.45) is 5.73 Å². The van der Waals surface area contributed by atoms with E-state index in [1.165, 1.54) is 19.4 Å². The number of carbonyl (C=O) groups is 4. The molecule has 13 heteroatoms. The third-order valence-corrected chi connectivity index (χ3v) is 3.67. The van der Waals surface area contributed by atoms with Gasteiger partial charge in [0.05, 0.1) is 25.6 Å². The Hall–Kier alpha value is -3.03. The van der Waals surface area contributed by atoms with Gasteiger partial charge < -0.3 is 42.0 Å². The van der Waals surface area contributed by atoms with Gasteiger partial charge >= 0.3 is 5.97 Å². The topological polar surface area (TPSA) is 220 Å². The zero-order valence-electron chi connectivity index (χ0n) is 15.1. The van der Waals surface area contributed by atoms with Crippen molar-refractivity contribution in [2.45, 2.75) is 37.6 Å². The highest BCUT2D eigenvalue weighted by Crippen LogP contribution is 2.00. The molecule has 0 fully saturated rings. The maximum atomic E-state index is 12.3. The number of aliphatic hydroxyl groups is 2. The van der Waals surface area contributed by atoms with Crippen LogP contribution in [0.25, 0.3) is 0 Å². The molecule has 4 atom stereocenters. The predicted octanol–water partition coefficient (Wildman–Crippen LogP) is -4.18. The fourth-order valence-electron chi connectivity index (χ4n) is 2.03. The maximum Gasteiger partial charge on any atom is 0.328 e. The molecule has 1 heterocycles. The molecule has 0 aliphatic carbocycles. The van der Waals surface area contributed by atoms with Crippen molar-refractivity contribution in [3.05, 3.63) is 18.2 Å². The van der Waals surface area contributed by atoms with E-state index >= 15 is 0 Å². The molecule has 1 aromatic rings. The van der Waals surface area contributed by atoms with Gasteiger partial charge in [-0.25, -0.2) is 9.78 Å². The van der Waals surface area contributed by atoms with E-state index in [4.69, 9.17) is 15.9 Å². The molecule has 1 rings (SSSR count). The highest BCUT2D eigenvalue weighted by molar-refractivity contribution is 5.92. The molecule has 0 aliphatic rings. The Balaban J connectivity index is 2.74. The number of aliphatic hydroxyl groups excluding tert-OH is 2. The molecule has 0 saturated heterocycles. The first-order valence-corrected chi connectivity index (χ1v) is 8.27. The van der Waals surface area contributed by atoms with E-state index < -0.39 is 61.1 Å². The molecule has 0 aromatic carbocycles. The van der Waals surface area contributed by atoms with E-state index in [1.807, 2.05) is 0 Å². The van der Waals surface area contributed by atoms with Crippen molar-refractivity contribution in [2.75, 3.05) is 13.2 Å². The molecule has 0 radical (unpaired) electrons. The monoisotopic (exact) mass is 400 g/mol. The van der Waals surface area contributed by atoms with Crippen LogP contribution in [0, 0.1) is 0 Å². The number of aromatic amines is 1. The lowest BCUT2D eigenvalue weighted by atomic mass is 10.1. The van der Waals surface area contributed by atoms with Gasteiger partial charge in [-0.2, -0.15) is 0 Å². The van der Waals surface area contributed by atoms with E-state index in [9.17, 15) is 24.3 Å². The van der Waals surface area contributed by atoms with Crippen LogP contribution in [0.4, 0.5) is 0 Å². The largest absolute Gasteiger partial charge is 0.480 e. The third kappa shape index (κ3) is 7.30. The van der Waals surface area contributed by atoms with Crippen LogP contribution in [0.2, 0.25) is 0 Å².